The molecular formula is C15H31NO. The highest BCUT2D eigenvalue weighted by atomic mass is 16.5. The molecule has 0 aromatic heterocycles. The summed E-state index contributed by atoms with van der Waals surface area (Å²) < 4.78 is 5.58. The van der Waals surface area contributed by atoms with E-state index in [4.69, 9.17) is 4.74 Å². The lowest BCUT2D eigenvalue weighted by atomic mass is 9.73. The Balaban J connectivity index is 2.01. The highest BCUT2D eigenvalue weighted by Crippen LogP contribution is 2.35. The van der Waals surface area contributed by atoms with Crippen molar-refractivity contribution in [1.29, 1.82) is 0 Å². The van der Waals surface area contributed by atoms with Gasteiger partial charge in [0.2, 0.25) is 0 Å². The van der Waals surface area contributed by atoms with Crippen molar-refractivity contribution in [1.82, 2.24) is 5.32 Å². The normalized spacial score (nSPS) is 23.8. The summed E-state index contributed by atoms with van der Waals surface area (Å²) in [5, 5.41) is 3.72. The van der Waals surface area contributed by atoms with Crippen LogP contribution in [0.4, 0.5) is 0 Å². The molecular weight excluding hydrogens is 210 g/mol. The molecule has 1 aliphatic carbocycles. The zero-order chi connectivity index (χ0) is 12.6. The predicted octanol–water partition coefficient (Wildman–Crippen LogP) is 3.75. The molecule has 0 bridgehead atoms. The maximum atomic E-state index is 5.58. The van der Waals surface area contributed by atoms with E-state index in [0.717, 1.165) is 26.2 Å². The van der Waals surface area contributed by atoms with Gasteiger partial charge in [-0.15, -0.1) is 0 Å². The molecule has 0 radical (unpaired) electrons. The average molecular weight is 241 g/mol. The van der Waals surface area contributed by atoms with E-state index in [-0.39, 0.29) is 0 Å². The summed E-state index contributed by atoms with van der Waals surface area (Å²) in [6.45, 7) is 9.98. The lowest BCUT2D eigenvalue weighted by Gasteiger charge is -2.39. The van der Waals surface area contributed by atoms with Crippen LogP contribution in [-0.2, 0) is 4.74 Å². The van der Waals surface area contributed by atoms with Crippen LogP contribution in [0.1, 0.15) is 65.7 Å². The van der Waals surface area contributed by atoms with Gasteiger partial charge in [-0.05, 0) is 37.6 Å². The molecule has 1 N–H and O–H groups in total. The van der Waals surface area contributed by atoms with Gasteiger partial charge in [0.25, 0.3) is 0 Å². The van der Waals surface area contributed by atoms with Crippen molar-refractivity contribution in [2.24, 2.45) is 5.41 Å². The van der Waals surface area contributed by atoms with Crippen molar-refractivity contribution < 1.29 is 4.74 Å². The van der Waals surface area contributed by atoms with E-state index in [1.165, 1.54) is 38.5 Å². The van der Waals surface area contributed by atoms with E-state index in [2.05, 4.69) is 26.1 Å². The first-order valence-electron chi connectivity index (χ1n) is 7.48. The number of ether oxygens (including phenoxy) is 1. The molecule has 1 rings (SSSR count). The quantitative estimate of drug-likeness (QED) is 0.653. The number of rotatable bonds is 8. The maximum absolute atomic E-state index is 5.58. The number of hydrogen-bond acceptors (Lipinski definition) is 2. The van der Waals surface area contributed by atoms with Crippen molar-refractivity contribution in [2.45, 2.75) is 71.8 Å². The lowest BCUT2D eigenvalue weighted by Crippen LogP contribution is -2.44. The minimum atomic E-state index is 0.487. The second kappa shape index (κ2) is 8.10. The molecule has 1 fully saturated rings. The van der Waals surface area contributed by atoms with Gasteiger partial charge in [0.1, 0.15) is 0 Å². The standard InChI is InChI=1S/C15H31NO/c1-4-5-12-17-13-8-11-16-14-9-6-7-10-15(14,2)3/h14,16H,4-13H2,1-3H3. The Morgan fingerprint density at radius 1 is 1.18 bits per heavy atom. The second-order valence-corrected chi connectivity index (χ2v) is 6.06. The minimum absolute atomic E-state index is 0.487. The molecule has 17 heavy (non-hydrogen) atoms. The fourth-order valence-electron chi connectivity index (χ4n) is 2.67. The van der Waals surface area contributed by atoms with Crippen molar-refractivity contribution in [3.8, 4) is 0 Å². The Bertz CT molecular complexity index is 191. The van der Waals surface area contributed by atoms with E-state index in [9.17, 15) is 0 Å². The molecule has 0 aliphatic heterocycles. The zero-order valence-corrected chi connectivity index (χ0v) is 12.1. The Morgan fingerprint density at radius 3 is 2.65 bits per heavy atom. The van der Waals surface area contributed by atoms with E-state index in [0.29, 0.717) is 11.5 Å². The summed E-state index contributed by atoms with van der Waals surface area (Å²) in [4.78, 5) is 0. The van der Waals surface area contributed by atoms with Crippen LogP contribution in [0, 0.1) is 5.41 Å². The minimum Gasteiger partial charge on any atom is -0.381 e. The molecule has 0 spiro atoms. The van der Waals surface area contributed by atoms with Crippen molar-refractivity contribution in [2.75, 3.05) is 19.8 Å². The van der Waals surface area contributed by atoms with Gasteiger partial charge < -0.3 is 10.1 Å². The van der Waals surface area contributed by atoms with Gasteiger partial charge in [-0.3, -0.25) is 0 Å². The average Bonchev–Trinajstić information content (AvgIpc) is 2.29. The molecule has 0 amide bonds. The monoisotopic (exact) mass is 241 g/mol. The van der Waals surface area contributed by atoms with Crippen LogP contribution in [0.2, 0.25) is 0 Å². The van der Waals surface area contributed by atoms with Crippen LogP contribution in [-0.4, -0.2) is 25.8 Å². The largest absolute Gasteiger partial charge is 0.381 e. The van der Waals surface area contributed by atoms with Crippen molar-refractivity contribution in [3.05, 3.63) is 0 Å². The maximum Gasteiger partial charge on any atom is 0.0478 e. The summed E-state index contributed by atoms with van der Waals surface area (Å²) in [6.07, 6.45) is 9.11. The van der Waals surface area contributed by atoms with Crippen LogP contribution in [0.3, 0.4) is 0 Å². The summed E-state index contributed by atoms with van der Waals surface area (Å²) in [7, 11) is 0. The van der Waals surface area contributed by atoms with Crippen LogP contribution in [0.5, 0.6) is 0 Å². The topological polar surface area (TPSA) is 21.3 Å². The number of hydrogen-bond donors (Lipinski definition) is 1. The summed E-state index contributed by atoms with van der Waals surface area (Å²) in [5.74, 6) is 0. The van der Waals surface area contributed by atoms with Crippen LogP contribution < -0.4 is 5.32 Å². The first kappa shape index (κ1) is 15.0. The van der Waals surface area contributed by atoms with Crippen molar-refractivity contribution in [3.63, 3.8) is 0 Å². The first-order chi connectivity index (χ1) is 8.17. The molecule has 1 aliphatic rings. The fraction of sp³-hybridized carbons (Fsp3) is 1.00. The van der Waals surface area contributed by atoms with Gasteiger partial charge in [-0.1, -0.05) is 40.0 Å². The van der Waals surface area contributed by atoms with Crippen LogP contribution in [0.15, 0.2) is 0 Å². The second-order valence-electron chi connectivity index (χ2n) is 6.06. The van der Waals surface area contributed by atoms with Gasteiger partial charge in [0.05, 0.1) is 0 Å². The van der Waals surface area contributed by atoms with Gasteiger partial charge >= 0.3 is 0 Å². The van der Waals surface area contributed by atoms with E-state index in [1.54, 1.807) is 0 Å². The molecule has 0 saturated heterocycles. The van der Waals surface area contributed by atoms with E-state index >= 15 is 0 Å². The molecule has 2 heteroatoms. The van der Waals surface area contributed by atoms with Gasteiger partial charge in [0.15, 0.2) is 0 Å². The molecule has 102 valence electrons. The molecule has 0 heterocycles. The number of unbranched alkanes of at least 4 members (excludes halogenated alkanes) is 1. The predicted molar refractivity (Wildman–Crippen MR) is 74.4 cm³/mol. The van der Waals surface area contributed by atoms with E-state index in [1.807, 2.05) is 0 Å². The van der Waals surface area contributed by atoms with Gasteiger partial charge in [-0.25, -0.2) is 0 Å². The molecule has 2 nitrogen and oxygen atoms in total. The highest BCUT2D eigenvalue weighted by molar-refractivity contribution is 4.87. The molecule has 0 aromatic rings. The van der Waals surface area contributed by atoms with E-state index < -0.39 is 0 Å². The molecule has 0 aromatic carbocycles. The summed E-state index contributed by atoms with van der Waals surface area (Å²) in [6, 6.07) is 0.715. The number of nitrogens with one attached hydrogen (secondary N) is 1. The molecule has 1 atom stereocenters. The fourth-order valence-corrected chi connectivity index (χ4v) is 2.67. The third-order valence-electron chi connectivity index (χ3n) is 4.01. The van der Waals surface area contributed by atoms with Gasteiger partial charge in [0, 0.05) is 19.3 Å². The lowest BCUT2D eigenvalue weighted by molar-refractivity contribution is 0.121. The Kier molecular flexibility index (Phi) is 7.14. The first-order valence-corrected chi connectivity index (χ1v) is 7.48. The Hall–Kier alpha value is -0.0800. The Morgan fingerprint density at radius 2 is 1.94 bits per heavy atom. The smallest absolute Gasteiger partial charge is 0.0478 e. The SMILES string of the molecule is CCCCOCCCNC1CCCCC1(C)C. The Labute approximate surface area is 108 Å². The van der Waals surface area contributed by atoms with Crippen LogP contribution in [0.25, 0.3) is 0 Å². The molecule has 1 unspecified atom stereocenters. The summed E-state index contributed by atoms with van der Waals surface area (Å²) in [5.41, 5.74) is 0.487. The highest BCUT2D eigenvalue weighted by Gasteiger charge is 2.31. The van der Waals surface area contributed by atoms with Crippen molar-refractivity contribution >= 4 is 0 Å². The summed E-state index contributed by atoms with van der Waals surface area (Å²) >= 11 is 0. The van der Waals surface area contributed by atoms with Crippen LogP contribution >= 0.6 is 0 Å². The third-order valence-corrected chi connectivity index (χ3v) is 4.01. The zero-order valence-electron chi connectivity index (χ0n) is 12.1. The van der Waals surface area contributed by atoms with Gasteiger partial charge in [-0.2, -0.15) is 0 Å². The molecule has 1 saturated carbocycles. The third kappa shape index (κ3) is 5.87.